The molecule has 2 N–H and O–H groups in total. The number of aliphatic hydroxyl groups excluding tert-OH is 1. The number of anilines is 1. The van der Waals surface area contributed by atoms with Crippen LogP contribution in [0.15, 0.2) is 33.7 Å². The molecule has 36 heavy (non-hydrogen) atoms. The molecule has 2 aromatic rings. The summed E-state index contributed by atoms with van der Waals surface area (Å²) in [5.41, 5.74) is 1.17. The minimum absolute atomic E-state index is 0.0287. The van der Waals surface area contributed by atoms with Crippen molar-refractivity contribution in [1.82, 2.24) is 9.80 Å². The summed E-state index contributed by atoms with van der Waals surface area (Å²) in [6, 6.07) is 6.90. The van der Waals surface area contributed by atoms with Crippen LogP contribution in [0.1, 0.15) is 50.9 Å². The van der Waals surface area contributed by atoms with Crippen molar-refractivity contribution in [3.05, 3.63) is 41.4 Å². The number of amides is 2. The number of carbonyl (C=O) groups excluding carboxylic acids is 2. The lowest BCUT2D eigenvalue weighted by atomic mass is 10.1. The summed E-state index contributed by atoms with van der Waals surface area (Å²) in [6.07, 6.45) is 3.21. The maximum Gasteiger partial charge on any atom is 0.363 e. The van der Waals surface area contributed by atoms with E-state index >= 15 is 0 Å². The van der Waals surface area contributed by atoms with Crippen LogP contribution in [0.5, 0.6) is 0 Å². The van der Waals surface area contributed by atoms with Gasteiger partial charge in [-0.05, 0) is 63.3 Å². The van der Waals surface area contributed by atoms with Gasteiger partial charge in [0.25, 0.3) is 0 Å². The number of benzene rings is 1. The van der Waals surface area contributed by atoms with Gasteiger partial charge in [-0.2, -0.15) is 5.26 Å². The fraction of sp³-hybridized carbons (Fsp3) is 0.500. The number of nitriles is 1. The Hall–Kier alpha value is -3.89. The number of rotatable bonds is 6. The largest absolute Gasteiger partial charge is 0.458 e. The molecule has 0 saturated carbocycles. The van der Waals surface area contributed by atoms with Crippen LogP contribution in [0, 0.1) is 17.9 Å². The number of aliphatic imine (C=N–C) groups is 1. The number of hydrogen-bond acceptors (Lipinski definition) is 6. The molecule has 2 fully saturated rings. The molecule has 3 unspecified atom stereocenters. The SMILES string of the molecule is [C-]#[N+]C(C#N)C(=NC1CCCCN(CC(=O)N2CCCC2)C1=O)Nc1ccc2oc(C(C)O)cc2c1. The summed E-state index contributed by atoms with van der Waals surface area (Å²) in [7, 11) is 0. The summed E-state index contributed by atoms with van der Waals surface area (Å²) >= 11 is 0. The Balaban J connectivity index is 1.57. The molecule has 2 amide bonds. The Morgan fingerprint density at radius 1 is 1.31 bits per heavy atom. The van der Waals surface area contributed by atoms with Gasteiger partial charge in [-0.15, -0.1) is 0 Å². The van der Waals surface area contributed by atoms with Gasteiger partial charge < -0.3 is 24.6 Å². The van der Waals surface area contributed by atoms with E-state index < -0.39 is 18.2 Å². The van der Waals surface area contributed by atoms with Crippen LogP contribution in [0.4, 0.5) is 5.69 Å². The predicted molar refractivity (Wildman–Crippen MR) is 134 cm³/mol. The predicted octanol–water partition coefficient (Wildman–Crippen LogP) is 3.11. The first-order valence-corrected chi connectivity index (χ1v) is 12.3. The number of nitrogens with zero attached hydrogens (tertiary/aromatic N) is 5. The molecule has 188 valence electrons. The van der Waals surface area contributed by atoms with E-state index in [2.05, 4.69) is 15.2 Å². The highest BCUT2D eigenvalue weighted by Crippen LogP contribution is 2.27. The number of hydrogen-bond donors (Lipinski definition) is 2. The molecule has 3 atom stereocenters. The molecule has 4 rings (SSSR count). The van der Waals surface area contributed by atoms with Gasteiger partial charge in [0, 0.05) is 30.7 Å². The monoisotopic (exact) mass is 490 g/mol. The van der Waals surface area contributed by atoms with Gasteiger partial charge in [0.15, 0.2) is 6.07 Å². The Morgan fingerprint density at radius 3 is 2.75 bits per heavy atom. The van der Waals surface area contributed by atoms with Gasteiger partial charge in [-0.1, -0.05) is 0 Å². The molecule has 10 nitrogen and oxygen atoms in total. The van der Waals surface area contributed by atoms with E-state index in [0.29, 0.717) is 30.0 Å². The Morgan fingerprint density at radius 2 is 2.06 bits per heavy atom. The van der Waals surface area contributed by atoms with Crippen molar-refractivity contribution in [3.8, 4) is 6.07 Å². The molecule has 1 aromatic carbocycles. The highest BCUT2D eigenvalue weighted by atomic mass is 16.4. The summed E-state index contributed by atoms with van der Waals surface area (Å²) < 4.78 is 5.62. The fourth-order valence-corrected chi connectivity index (χ4v) is 4.58. The summed E-state index contributed by atoms with van der Waals surface area (Å²) in [5.74, 6) is 0.217. The third-order valence-electron chi connectivity index (χ3n) is 6.56. The molecule has 0 bridgehead atoms. The van der Waals surface area contributed by atoms with Gasteiger partial charge in [0.1, 0.15) is 23.5 Å². The van der Waals surface area contributed by atoms with Crippen molar-refractivity contribution in [2.75, 3.05) is 31.5 Å². The average molecular weight is 491 g/mol. The first-order chi connectivity index (χ1) is 17.4. The zero-order valence-electron chi connectivity index (χ0n) is 20.3. The van der Waals surface area contributed by atoms with E-state index in [1.54, 1.807) is 41.0 Å². The third kappa shape index (κ3) is 5.67. The maximum absolute atomic E-state index is 13.3. The molecule has 3 heterocycles. The number of furan rings is 1. The Kier molecular flexibility index (Phi) is 7.87. The molecule has 0 radical (unpaired) electrons. The van der Waals surface area contributed by atoms with Gasteiger partial charge in [-0.25, -0.2) is 6.57 Å². The Bertz CT molecular complexity index is 1220. The maximum atomic E-state index is 13.3. The molecule has 1 aromatic heterocycles. The van der Waals surface area contributed by atoms with Crippen LogP contribution in [0.3, 0.4) is 0 Å². The second-order valence-electron chi connectivity index (χ2n) is 9.24. The summed E-state index contributed by atoms with van der Waals surface area (Å²) in [4.78, 5) is 37.3. The van der Waals surface area contributed by atoms with Gasteiger partial charge >= 0.3 is 6.04 Å². The van der Waals surface area contributed by atoms with Crippen LogP contribution >= 0.6 is 0 Å². The lowest BCUT2D eigenvalue weighted by Crippen LogP contribution is -2.45. The molecule has 2 saturated heterocycles. The molecule has 10 heteroatoms. The number of aliphatic hydroxyl groups is 1. The lowest BCUT2D eigenvalue weighted by molar-refractivity contribution is -0.140. The molecule has 0 aliphatic carbocycles. The quantitative estimate of drug-likeness (QED) is 0.364. The van der Waals surface area contributed by atoms with Crippen molar-refractivity contribution < 1.29 is 19.1 Å². The summed E-state index contributed by atoms with van der Waals surface area (Å²) in [6.45, 7) is 11.1. The van der Waals surface area contributed by atoms with Crippen LogP contribution in [-0.4, -0.2) is 70.8 Å². The van der Waals surface area contributed by atoms with Gasteiger partial charge in [-0.3, -0.25) is 19.4 Å². The van der Waals surface area contributed by atoms with E-state index in [4.69, 9.17) is 11.0 Å². The van der Waals surface area contributed by atoms with Crippen molar-refractivity contribution in [2.45, 2.75) is 57.2 Å². The number of likely N-dealkylation sites (tertiary alicyclic amines) is 2. The topological polar surface area (TPSA) is 127 Å². The second kappa shape index (κ2) is 11.2. The lowest BCUT2D eigenvalue weighted by Gasteiger charge is -2.25. The minimum atomic E-state index is -1.21. The number of amidine groups is 1. The van der Waals surface area contributed by atoms with Crippen LogP contribution < -0.4 is 5.32 Å². The van der Waals surface area contributed by atoms with E-state index in [1.165, 1.54) is 0 Å². The zero-order chi connectivity index (χ0) is 25.7. The summed E-state index contributed by atoms with van der Waals surface area (Å²) in [5, 5.41) is 23.2. The van der Waals surface area contributed by atoms with Crippen LogP contribution in [-0.2, 0) is 9.59 Å². The van der Waals surface area contributed by atoms with Crippen molar-refractivity contribution in [3.63, 3.8) is 0 Å². The molecule has 2 aliphatic rings. The Labute approximate surface area is 210 Å². The van der Waals surface area contributed by atoms with E-state index in [1.807, 2.05) is 6.07 Å². The highest BCUT2D eigenvalue weighted by molar-refractivity contribution is 6.04. The standard InChI is InChI=1S/C26H30N6O4/c1-17(33)23-14-18-13-19(8-9-22(18)36-23)29-25(21(15-27)28-2)30-20-7-3-4-12-32(26(20)35)16-24(34)31-10-5-6-11-31/h8-9,13-14,17,20-21,33H,3-7,10-12,16H2,1H3,(H,29,30). The van der Waals surface area contributed by atoms with Gasteiger partial charge in [0.05, 0.1) is 6.54 Å². The van der Waals surface area contributed by atoms with Crippen molar-refractivity contribution in [1.29, 1.82) is 5.26 Å². The molecular formula is C26H30N6O4. The van der Waals surface area contributed by atoms with Crippen LogP contribution in [0.25, 0.3) is 15.8 Å². The second-order valence-corrected chi connectivity index (χ2v) is 9.24. The first-order valence-electron chi connectivity index (χ1n) is 12.3. The molecular weight excluding hydrogens is 460 g/mol. The van der Waals surface area contributed by atoms with E-state index in [0.717, 1.165) is 44.2 Å². The zero-order valence-corrected chi connectivity index (χ0v) is 20.3. The normalized spacial score (nSPS) is 20.5. The molecule has 0 spiro atoms. The number of nitrogens with one attached hydrogen (secondary N) is 1. The minimum Gasteiger partial charge on any atom is -0.458 e. The van der Waals surface area contributed by atoms with E-state index in [-0.39, 0.29) is 24.2 Å². The highest BCUT2D eigenvalue weighted by Gasteiger charge is 2.32. The van der Waals surface area contributed by atoms with E-state index in [9.17, 15) is 20.0 Å². The molecule has 2 aliphatic heterocycles. The smallest absolute Gasteiger partial charge is 0.363 e. The van der Waals surface area contributed by atoms with Crippen molar-refractivity contribution >= 4 is 34.3 Å². The first kappa shape index (κ1) is 25.2. The third-order valence-corrected chi connectivity index (χ3v) is 6.56. The number of carbonyl (C=O) groups is 2. The van der Waals surface area contributed by atoms with Crippen LogP contribution in [0.2, 0.25) is 0 Å². The van der Waals surface area contributed by atoms with Gasteiger partial charge in [0.2, 0.25) is 17.6 Å². The fourth-order valence-electron chi connectivity index (χ4n) is 4.58. The van der Waals surface area contributed by atoms with Crippen molar-refractivity contribution in [2.24, 2.45) is 4.99 Å². The average Bonchev–Trinajstić information content (AvgIpc) is 3.52. The number of fused-ring (bicyclic) bond motifs is 1.